The Labute approximate surface area is 117 Å². The molecule has 0 bridgehead atoms. The number of hydrogen-bond acceptors (Lipinski definition) is 4. The summed E-state index contributed by atoms with van der Waals surface area (Å²) in [4.78, 5) is 12.0. The maximum atomic E-state index is 12.0. The smallest absolute Gasteiger partial charge is 0.276 e. The van der Waals surface area contributed by atoms with Gasteiger partial charge in [0.05, 0.1) is 12.8 Å². The van der Waals surface area contributed by atoms with Crippen molar-refractivity contribution in [1.82, 2.24) is 10.2 Å². The lowest BCUT2D eigenvalue weighted by atomic mass is 10.2. The number of hydrogen-bond donors (Lipinski definition) is 1. The second-order valence-electron chi connectivity index (χ2n) is 4.80. The first-order chi connectivity index (χ1) is 9.76. The lowest BCUT2D eigenvalue weighted by Crippen LogP contribution is -2.14. The number of methoxy groups -OCH3 is 1. The Balaban J connectivity index is 1.68. The molecule has 1 aliphatic rings. The normalized spacial score (nSPS) is 13.8. The van der Waals surface area contributed by atoms with Crippen molar-refractivity contribution in [1.29, 1.82) is 0 Å². The lowest BCUT2D eigenvalue weighted by Gasteiger charge is -2.05. The molecule has 102 valence electrons. The number of nitrogens with one attached hydrogen (secondary N) is 1. The highest BCUT2D eigenvalue weighted by Gasteiger charge is 2.25. The molecular formula is C15H15N3O2. The van der Waals surface area contributed by atoms with Crippen LogP contribution in [0, 0.1) is 0 Å². The van der Waals surface area contributed by atoms with E-state index < -0.39 is 0 Å². The summed E-state index contributed by atoms with van der Waals surface area (Å²) in [6, 6.07) is 10.7. The number of aromatic nitrogens is 2. The minimum absolute atomic E-state index is 0.259. The van der Waals surface area contributed by atoms with Crippen LogP contribution in [0.5, 0.6) is 5.75 Å². The summed E-state index contributed by atoms with van der Waals surface area (Å²) in [5.41, 5.74) is 2.00. The van der Waals surface area contributed by atoms with Crippen LogP contribution >= 0.6 is 0 Å². The number of rotatable bonds is 4. The molecule has 0 spiro atoms. The van der Waals surface area contributed by atoms with Crippen LogP contribution in [-0.2, 0) is 0 Å². The number of benzene rings is 1. The van der Waals surface area contributed by atoms with E-state index in [4.69, 9.17) is 4.74 Å². The van der Waals surface area contributed by atoms with Crippen molar-refractivity contribution < 1.29 is 9.53 Å². The van der Waals surface area contributed by atoms with E-state index in [0.717, 1.165) is 11.4 Å². The molecule has 20 heavy (non-hydrogen) atoms. The van der Waals surface area contributed by atoms with Gasteiger partial charge in [-0.05, 0) is 49.2 Å². The Kier molecular flexibility index (Phi) is 3.33. The van der Waals surface area contributed by atoms with Gasteiger partial charge in [0.25, 0.3) is 5.91 Å². The van der Waals surface area contributed by atoms with Gasteiger partial charge >= 0.3 is 0 Å². The SMILES string of the molecule is COc1ccc(NC(=O)c2ccc(C3CC3)nn2)cc1. The van der Waals surface area contributed by atoms with Crippen LogP contribution in [0.25, 0.3) is 0 Å². The molecule has 0 atom stereocenters. The molecule has 5 nitrogen and oxygen atoms in total. The van der Waals surface area contributed by atoms with Gasteiger partial charge in [-0.2, -0.15) is 5.10 Å². The number of ether oxygens (including phenoxy) is 1. The predicted molar refractivity (Wildman–Crippen MR) is 75.0 cm³/mol. The average Bonchev–Trinajstić information content (AvgIpc) is 3.33. The Morgan fingerprint density at radius 2 is 1.90 bits per heavy atom. The van der Waals surface area contributed by atoms with Crippen molar-refractivity contribution in [2.75, 3.05) is 12.4 Å². The number of carbonyl (C=O) groups is 1. The van der Waals surface area contributed by atoms with E-state index in [2.05, 4.69) is 15.5 Å². The summed E-state index contributed by atoms with van der Waals surface area (Å²) in [5, 5.41) is 10.9. The molecule has 0 unspecified atom stereocenters. The molecule has 1 amide bonds. The van der Waals surface area contributed by atoms with Crippen molar-refractivity contribution in [2.24, 2.45) is 0 Å². The molecule has 0 aliphatic heterocycles. The first-order valence-electron chi connectivity index (χ1n) is 6.55. The van der Waals surface area contributed by atoms with Gasteiger partial charge in [0.15, 0.2) is 5.69 Å². The van der Waals surface area contributed by atoms with Gasteiger partial charge in [-0.3, -0.25) is 4.79 Å². The maximum absolute atomic E-state index is 12.0. The zero-order valence-corrected chi connectivity index (χ0v) is 11.2. The molecule has 1 aromatic heterocycles. The number of anilines is 1. The molecule has 1 fully saturated rings. The first-order valence-corrected chi connectivity index (χ1v) is 6.55. The number of nitrogens with zero attached hydrogens (tertiary/aromatic N) is 2. The Hall–Kier alpha value is -2.43. The fourth-order valence-electron chi connectivity index (χ4n) is 1.93. The van der Waals surface area contributed by atoms with Gasteiger partial charge in [-0.15, -0.1) is 5.10 Å². The van der Waals surface area contributed by atoms with Crippen molar-refractivity contribution in [3.63, 3.8) is 0 Å². The lowest BCUT2D eigenvalue weighted by molar-refractivity contribution is 0.102. The van der Waals surface area contributed by atoms with Gasteiger partial charge in [0.1, 0.15) is 5.75 Å². The maximum Gasteiger partial charge on any atom is 0.276 e. The summed E-state index contributed by atoms with van der Waals surface area (Å²) in [6.07, 6.45) is 2.35. The van der Waals surface area contributed by atoms with Gasteiger partial charge in [-0.25, -0.2) is 0 Å². The molecule has 1 N–H and O–H groups in total. The average molecular weight is 269 g/mol. The second-order valence-corrected chi connectivity index (χ2v) is 4.80. The highest BCUT2D eigenvalue weighted by molar-refractivity contribution is 6.02. The Morgan fingerprint density at radius 1 is 1.15 bits per heavy atom. The summed E-state index contributed by atoms with van der Waals surface area (Å²) >= 11 is 0. The van der Waals surface area contributed by atoms with Crippen LogP contribution in [-0.4, -0.2) is 23.2 Å². The van der Waals surface area contributed by atoms with Crippen LogP contribution in [0.2, 0.25) is 0 Å². The molecule has 0 saturated heterocycles. The fourth-order valence-corrected chi connectivity index (χ4v) is 1.93. The van der Waals surface area contributed by atoms with E-state index >= 15 is 0 Å². The summed E-state index contributed by atoms with van der Waals surface area (Å²) in [7, 11) is 1.60. The quantitative estimate of drug-likeness (QED) is 0.926. The zero-order chi connectivity index (χ0) is 13.9. The zero-order valence-electron chi connectivity index (χ0n) is 11.2. The topological polar surface area (TPSA) is 64.1 Å². The van der Waals surface area contributed by atoms with Gasteiger partial charge in [0, 0.05) is 11.6 Å². The van der Waals surface area contributed by atoms with Crippen molar-refractivity contribution in [3.05, 3.63) is 47.8 Å². The monoisotopic (exact) mass is 269 g/mol. The highest BCUT2D eigenvalue weighted by atomic mass is 16.5. The van der Waals surface area contributed by atoms with E-state index in [1.807, 2.05) is 6.07 Å². The summed E-state index contributed by atoms with van der Waals surface area (Å²) in [5.74, 6) is 1.03. The molecule has 1 saturated carbocycles. The molecule has 3 rings (SSSR count). The molecular weight excluding hydrogens is 254 g/mol. The van der Waals surface area contributed by atoms with E-state index in [-0.39, 0.29) is 5.91 Å². The van der Waals surface area contributed by atoms with Gasteiger partial charge in [-0.1, -0.05) is 0 Å². The minimum atomic E-state index is -0.259. The van der Waals surface area contributed by atoms with Crippen molar-refractivity contribution in [3.8, 4) is 5.75 Å². The third kappa shape index (κ3) is 2.77. The third-order valence-corrected chi connectivity index (χ3v) is 3.26. The molecule has 5 heteroatoms. The van der Waals surface area contributed by atoms with E-state index in [0.29, 0.717) is 17.3 Å². The molecule has 1 aliphatic carbocycles. The van der Waals surface area contributed by atoms with Crippen molar-refractivity contribution >= 4 is 11.6 Å². The Morgan fingerprint density at radius 3 is 2.45 bits per heavy atom. The van der Waals surface area contributed by atoms with E-state index in [1.54, 1.807) is 37.4 Å². The fraction of sp³-hybridized carbons (Fsp3) is 0.267. The van der Waals surface area contributed by atoms with Crippen LogP contribution in [0.4, 0.5) is 5.69 Å². The van der Waals surface area contributed by atoms with E-state index in [9.17, 15) is 4.79 Å². The molecule has 0 radical (unpaired) electrons. The number of carbonyl (C=O) groups excluding carboxylic acids is 1. The highest BCUT2D eigenvalue weighted by Crippen LogP contribution is 2.38. The molecule has 1 aromatic carbocycles. The van der Waals surface area contributed by atoms with Crippen LogP contribution in [0.15, 0.2) is 36.4 Å². The van der Waals surface area contributed by atoms with Crippen LogP contribution in [0.3, 0.4) is 0 Å². The second kappa shape index (κ2) is 5.28. The van der Waals surface area contributed by atoms with Crippen LogP contribution in [0.1, 0.15) is 34.9 Å². The third-order valence-electron chi connectivity index (χ3n) is 3.26. The molecule has 2 aromatic rings. The van der Waals surface area contributed by atoms with E-state index in [1.165, 1.54) is 12.8 Å². The minimum Gasteiger partial charge on any atom is -0.497 e. The standard InChI is InChI=1S/C15H15N3O2/c1-20-12-6-4-11(5-7-12)16-15(19)14-9-8-13(17-18-14)10-2-3-10/h4-10H,2-3H2,1H3,(H,16,19). The van der Waals surface area contributed by atoms with Crippen LogP contribution < -0.4 is 10.1 Å². The van der Waals surface area contributed by atoms with Gasteiger partial charge < -0.3 is 10.1 Å². The van der Waals surface area contributed by atoms with Crippen molar-refractivity contribution in [2.45, 2.75) is 18.8 Å². The Bertz CT molecular complexity index is 604. The molecule has 1 heterocycles. The summed E-state index contributed by atoms with van der Waals surface area (Å²) in [6.45, 7) is 0. The van der Waals surface area contributed by atoms with Gasteiger partial charge in [0.2, 0.25) is 0 Å². The largest absolute Gasteiger partial charge is 0.497 e. The number of amides is 1. The first kappa shape index (κ1) is 12.6. The summed E-state index contributed by atoms with van der Waals surface area (Å²) < 4.78 is 5.07. The predicted octanol–water partition coefficient (Wildman–Crippen LogP) is 2.61.